The summed E-state index contributed by atoms with van der Waals surface area (Å²) in [5.74, 6) is 0.632. The molecule has 0 bridgehead atoms. The van der Waals surface area contributed by atoms with Crippen molar-refractivity contribution in [3.05, 3.63) is 264 Å². The summed E-state index contributed by atoms with van der Waals surface area (Å²) in [4.78, 5) is 27.4. The van der Waals surface area contributed by atoms with Crippen LogP contribution in [-0.4, -0.2) is 78.9 Å². The van der Waals surface area contributed by atoms with Gasteiger partial charge in [0.25, 0.3) is 0 Å². The molecule has 500 valence electrons. The van der Waals surface area contributed by atoms with Crippen molar-refractivity contribution in [3.63, 3.8) is 0 Å². The van der Waals surface area contributed by atoms with Gasteiger partial charge in [0.1, 0.15) is 15.7 Å². The number of hydrogen-bond donors (Lipinski definition) is 1. The van der Waals surface area contributed by atoms with Crippen LogP contribution in [0.25, 0.3) is 10.5 Å². The second-order valence-corrected chi connectivity index (χ2v) is 25.5. The van der Waals surface area contributed by atoms with Crippen molar-refractivity contribution in [2.45, 2.75) is 143 Å². The molecular formula is C70H90BBr3ClFN6O8RuS. The molecule has 0 saturated carbocycles. The first kappa shape index (κ1) is 85.2. The predicted molar refractivity (Wildman–Crippen MR) is 383 cm³/mol. The number of pyridine rings is 4. The van der Waals surface area contributed by atoms with Gasteiger partial charge in [-0.1, -0.05) is 147 Å². The normalized spacial score (nSPS) is 14.0. The Hall–Kier alpha value is -4.83. The SMILES string of the molecule is C.CC(=O)c1ncccc1Br.CC(O)c1ncccc1Br.COC(C)c1ncccc1B1OC(C)(C)C(C)(C)O1.COC(C)c1ncccc1Br.Cc1ccc(C(C)C)cc1.Cc1ccc(S(=O)(=O)[N-]C(c2ccccc2)C([NH-])c2ccccc2)cc1.[2H]CF.[CH3-].[Cl][Ru+3]. The summed E-state index contributed by atoms with van der Waals surface area (Å²) in [6, 6.07) is 47.0. The number of nitrogens with one attached hydrogen (secondary N) is 1. The number of aromatic nitrogens is 4. The minimum atomic E-state index is -3.87. The average molecular weight is 1580 g/mol. The Bertz CT molecular complexity index is 3460. The summed E-state index contributed by atoms with van der Waals surface area (Å²) in [6.45, 7) is 23.7. The van der Waals surface area contributed by atoms with E-state index in [1.807, 2.05) is 163 Å². The topological polar surface area (TPSA) is 198 Å². The van der Waals surface area contributed by atoms with E-state index in [-0.39, 0.29) is 48.9 Å². The van der Waals surface area contributed by atoms with Crippen LogP contribution in [0.1, 0.15) is 170 Å². The van der Waals surface area contributed by atoms with Crippen molar-refractivity contribution in [1.82, 2.24) is 19.9 Å². The number of Topliss-reactive ketones (excluding diaryl/α,β-unsaturated/α-hetero) is 1. The average Bonchev–Trinajstić information content (AvgIpc) is 1.65. The third-order valence-electron chi connectivity index (χ3n) is 13.8. The van der Waals surface area contributed by atoms with E-state index in [2.05, 4.69) is 127 Å². The number of sulfonamides is 1. The van der Waals surface area contributed by atoms with Gasteiger partial charge in [0, 0.05) is 69.7 Å². The Kier molecular flexibility index (Phi) is 41.4. The van der Waals surface area contributed by atoms with Crippen LogP contribution in [0.2, 0.25) is 0 Å². The number of aryl methyl sites for hydroxylation is 2. The quantitative estimate of drug-likeness (QED) is 0.0615. The van der Waals surface area contributed by atoms with Crippen LogP contribution >= 0.6 is 57.5 Å². The van der Waals surface area contributed by atoms with Gasteiger partial charge < -0.3 is 41.8 Å². The summed E-state index contributed by atoms with van der Waals surface area (Å²) in [7, 11) is 2.65. The molecule has 9 rings (SSSR count). The van der Waals surface area contributed by atoms with Gasteiger partial charge in [-0.05, 0) is 176 Å². The van der Waals surface area contributed by atoms with Crippen molar-refractivity contribution >= 4 is 85.9 Å². The van der Waals surface area contributed by atoms with Gasteiger partial charge in [-0.2, -0.15) is 0 Å². The molecule has 1 aliphatic heterocycles. The van der Waals surface area contributed by atoms with Crippen molar-refractivity contribution < 1.29 is 60.2 Å². The first-order valence-electron chi connectivity index (χ1n) is 29.0. The number of aliphatic hydroxyl groups is 1. The molecule has 8 aromatic rings. The van der Waals surface area contributed by atoms with Crippen LogP contribution in [0.3, 0.4) is 0 Å². The molecule has 5 atom stereocenters. The minimum absolute atomic E-state index is 0. The number of aliphatic hydroxyl groups excluding tert-OH is 1. The van der Waals surface area contributed by atoms with Crippen LogP contribution in [0, 0.1) is 21.3 Å². The molecule has 14 nitrogen and oxygen atoms in total. The van der Waals surface area contributed by atoms with Gasteiger partial charge in [0.2, 0.25) is 0 Å². The number of ether oxygens (including phenoxy) is 2. The fraction of sp³-hybridized carbons (Fsp3) is 0.343. The molecule has 0 aliphatic carbocycles. The third-order valence-corrected chi connectivity index (χ3v) is 17.2. The molecule has 1 fully saturated rings. The van der Waals surface area contributed by atoms with E-state index in [4.69, 9.17) is 31.0 Å². The Morgan fingerprint density at radius 3 is 1.42 bits per heavy atom. The van der Waals surface area contributed by atoms with Gasteiger partial charge in [-0.3, -0.25) is 29.1 Å². The molecular weight excluding hydrogens is 1490 g/mol. The number of carbonyl (C=O) groups is 1. The number of hydrogen-bond acceptors (Lipinski definition) is 12. The number of nitrogens with zero attached hydrogens (tertiary/aromatic N) is 5. The summed E-state index contributed by atoms with van der Waals surface area (Å²) >= 11 is 11.7. The zero-order valence-electron chi connectivity index (χ0n) is 55.3. The van der Waals surface area contributed by atoms with Gasteiger partial charge in [0.15, 0.2) is 5.78 Å². The van der Waals surface area contributed by atoms with Gasteiger partial charge in [-0.25, -0.2) is 8.42 Å². The number of carbonyl (C=O) groups excluding carboxylic acids is 1. The number of ketones is 1. The maximum atomic E-state index is 12.8. The van der Waals surface area contributed by atoms with Crippen molar-refractivity contribution in [2.24, 2.45) is 0 Å². The molecule has 1 saturated heterocycles. The standard InChI is InChI=1S/C21H20N2O2S.C14H22BNO3.C10H14.C8H10BrNO.C7H8BrNO.C7H6BrNO.CH3F.CH4.CH3.ClH.Ru/c1-16-12-14-19(15-13-16)26(24,25)23-21(18-10-6-3-7-11-18)20(22)17-8-4-2-5-9-17;1-10(17-6)12-11(8-7-9-16-12)15-18-13(2,3)14(4,5)19-15;1-8(2)10-6-4-9(3)5-7-10;1-6(11-2)8-7(9)4-3-5-10-8;2*1-5(10)7-6(8)3-2-4-9-7;1-2;;;;/h2-15,20-22H,1H3;7-10H,1-6H3;4-8H,1-3H3;3-6H,1-2H3;2-5,10H,1H3;2-4H,1H3;1H3;1H4;1H3;1H;/q-2;;;;;;;;-1;;+4/p-1/i;;;;;;1D;;;;. The van der Waals surface area contributed by atoms with Crippen LogP contribution in [0.4, 0.5) is 4.39 Å². The molecule has 4 aromatic heterocycles. The molecule has 1 aliphatic rings. The van der Waals surface area contributed by atoms with E-state index in [0.29, 0.717) is 22.9 Å². The second kappa shape index (κ2) is 44.8. The second-order valence-electron chi connectivity index (χ2n) is 21.3. The van der Waals surface area contributed by atoms with Gasteiger partial charge in [0.05, 0.1) is 55.1 Å². The number of alkyl halides is 1. The fourth-order valence-corrected chi connectivity index (χ4v) is 10.7. The zero-order valence-corrected chi connectivity index (χ0v) is 62.3. The Balaban J connectivity index is 0.00000112. The number of halogens is 5. The van der Waals surface area contributed by atoms with Crippen LogP contribution in [0.15, 0.2) is 201 Å². The third kappa shape index (κ3) is 28.6. The van der Waals surface area contributed by atoms with Crippen molar-refractivity contribution in [2.75, 3.05) is 21.4 Å². The first-order chi connectivity index (χ1) is 43.1. The Morgan fingerprint density at radius 1 is 0.641 bits per heavy atom. The van der Waals surface area contributed by atoms with Crippen LogP contribution < -0.4 is 5.46 Å². The molecule has 92 heavy (non-hydrogen) atoms. The summed E-state index contributed by atoms with van der Waals surface area (Å²) < 4.78 is 70.5. The monoisotopic (exact) mass is 1580 g/mol. The molecule has 0 spiro atoms. The van der Waals surface area contributed by atoms with Gasteiger partial charge in [-0.15, -0.1) is 12.1 Å². The van der Waals surface area contributed by atoms with Crippen LogP contribution in [-0.2, 0) is 46.1 Å². The molecule has 5 unspecified atom stereocenters. The van der Waals surface area contributed by atoms with E-state index >= 15 is 0 Å². The van der Waals surface area contributed by atoms with E-state index in [9.17, 15) is 17.6 Å². The van der Waals surface area contributed by atoms with E-state index in [1.165, 1.54) is 18.1 Å². The molecule has 2 N–H and O–H groups in total. The summed E-state index contributed by atoms with van der Waals surface area (Å²) in [5.41, 5.74) is 17.0. The molecule has 0 amide bonds. The summed E-state index contributed by atoms with van der Waals surface area (Å²) in [5, 5.41) is 9.11. The maximum absolute atomic E-state index is 12.8. The Morgan fingerprint density at radius 2 is 1.03 bits per heavy atom. The molecule has 0 radical (unpaired) electrons. The van der Waals surface area contributed by atoms with E-state index in [0.717, 1.165) is 41.4 Å². The number of rotatable bonds is 14. The molecule has 4 aromatic carbocycles. The fourth-order valence-electron chi connectivity index (χ4n) is 7.89. The zero-order chi connectivity index (χ0) is 68.5. The van der Waals surface area contributed by atoms with E-state index in [1.54, 1.807) is 82.3 Å². The van der Waals surface area contributed by atoms with Crippen molar-refractivity contribution in [3.8, 4) is 0 Å². The summed E-state index contributed by atoms with van der Waals surface area (Å²) in [6.07, 6.45) is 6.24. The Labute approximate surface area is 590 Å². The van der Waals surface area contributed by atoms with Crippen molar-refractivity contribution in [1.29, 1.82) is 0 Å². The first-order valence-corrected chi connectivity index (χ1v) is 34.4. The number of benzene rings is 4. The molecule has 22 heteroatoms. The number of methoxy groups -OCH3 is 2. The van der Waals surface area contributed by atoms with Gasteiger partial charge >= 0.3 is 34.1 Å². The predicted octanol–water partition coefficient (Wildman–Crippen LogP) is 19.7. The van der Waals surface area contributed by atoms with E-state index < -0.39 is 42.5 Å². The van der Waals surface area contributed by atoms with Crippen LogP contribution in [0.5, 0.6) is 0 Å². The molecule has 5 heterocycles.